The Bertz CT molecular complexity index is 285. The first-order valence-corrected chi connectivity index (χ1v) is 5.33. The van der Waals surface area contributed by atoms with Crippen LogP contribution in [0.15, 0.2) is 11.4 Å². The monoisotopic (exact) mass is 194 g/mol. The highest BCUT2D eigenvalue weighted by Gasteiger charge is 1.97. The average Bonchev–Trinajstić information content (AvgIpc) is 2.52. The van der Waals surface area contributed by atoms with E-state index in [0.717, 1.165) is 19.5 Å². The number of nitrogens with zero attached hydrogens (tertiary/aromatic N) is 1. The third-order valence-corrected chi connectivity index (χ3v) is 2.99. The molecule has 0 saturated heterocycles. The molecule has 1 aromatic heterocycles. The minimum absolute atomic E-state index is 0.601. The van der Waals surface area contributed by atoms with Crippen LogP contribution in [-0.2, 0) is 6.42 Å². The van der Waals surface area contributed by atoms with Gasteiger partial charge in [0.25, 0.3) is 0 Å². The van der Waals surface area contributed by atoms with E-state index in [2.05, 4.69) is 29.8 Å². The van der Waals surface area contributed by atoms with Crippen molar-refractivity contribution in [2.45, 2.75) is 19.8 Å². The maximum Gasteiger partial charge on any atom is 0.0635 e. The third-order valence-electron chi connectivity index (χ3n) is 1.91. The number of hydrogen-bond donors (Lipinski definition) is 1. The fraction of sp³-hybridized carbons (Fsp3) is 0.500. The van der Waals surface area contributed by atoms with Gasteiger partial charge < -0.3 is 5.32 Å². The van der Waals surface area contributed by atoms with E-state index in [4.69, 9.17) is 5.26 Å². The van der Waals surface area contributed by atoms with Crippen LogP contribution in [0.25, 0.3) is 0 Å². The quantitative estimate of drug-likeness (QED) is 0.729. The van der Waals surface area contributed by atoms with Gasteiger partial charge in [0, 0.05) is 24.4 Å². The summed E-state index contributed by atoms with van der Waals surface area (Å²) in [4.78, 5) is 1.45. The van der Waals surface area contributed by atoms with E-state index in [1.807, 2.05) is 11.3 Å². The van der Waals surface area contributed by atoms with Gasteiger partial charge in [0.15, 0.2) is 0 Å². The number of rotatable bonds is 5. The highest BCUT2D eigenvalue weighted by atomic mass is 32.1. The molecule has 13 heavy (non-hydrogen) atoms. The van der Waals surface area contributed by atoms with Crippen LogP contribution >= 0.6 is 11.3 Å². The van der Waals surface area contributed by atoms with Crippen molar-refractivity contribution in [3.05, 3.63) is 21.9 Å². The average molecular weight is 194 g/mol. The molecule has 1 aromatic rings. The molecular formula is C10H14N2S. The van der Waals surface area contributed by atoms with Crippen LogP contribution in [0.2, 0.25) is 0 Å². The standard InChI is InChI=1S/C10H14N2S/c1-9-4-8-13-10(9)3-7-12-6-2-5-11/h4,8,12H,2-3,6-7H2,1H3. The van der Waals surface area contributed by atoms with E-state index in [0.29, 0.717) is 6.42 Å². The summed E-state index contributed by atoms with van der Waals surface area (Å²) in [5.41, 5.74) is 1.38. The van der Waals surface area contributed by atoms with Crippen LogP contribution in [-0.4, -0.2) is 13.1 Å². The summed E-state index contributed by atoms with van der Waals surface area (Å²) < 4.78 is 0. The lowest BCUT2D eigenvalue weighted by atomic mass is 10.2. The predicted molar refractivity (Wildman–Crippen MR) is 55.9 cm³/mol. The molecule has 2 nitrogen and oxygen atoms in total. The number of hydrogen-bond acceptors (Lipinski definition) is 3. The van der Waals surface area contributed by atoms with Crippen LogP contribution in [0, 0.1) is 18.3 Å². The molecule has 0 unspecified atom stereocenters. The van der Waals surface area contributed by atoms with Crippen molar-refractivity contribution in [2.24, 2.45) is 0 Å². The van der Waals surface area contributed by atoms with E-state index in [9.17, 15) is 0 Å². The predicted octanol–water partition coefficient (Wildman–Crippen LogP) is 2.10. The van der Waals surface area contributed by atoms with Gasteiger partial charge in [0.2, 0.25) is 0 Å². The lowest BCUT2D eigenvalue weighted by Gasteiger charge is -2.00. The topological polar surface area (TPSA) is 35.8 Å². The number of nitrogens with one attached hydrogen (secondary N) is 1. The molecule has 0 atom stereocenters. The van der Waals surface area contributed by atoms with Crippen molar-refractivity contribution < 1.29 is 0 Å². The van der Waals surface area contributed by atoms with Crippen LogP contribution in [0.4, 0.5) is 0 Å². The highest BCUT2D eigenvalue weighted by Crippen LogP contribution is 2.15. The Labute approximate surface area is 83.2 Å². The Morgan fingerprint density at radius 1 is 1.54 bits per heavy atom. The number of thiophene rings is 1. The molecule has 70 valence electrons. The van der Waals surface area contributed by atoms with Gasteiger partial charge in [-0.2, -0.15) is 5.26 Å². The summed E-state index contributed by atoms with van der Waals surface area (Å²) in [5.74, 6) is 0. The van der Waals surface area contributed by atoms with E-state index < -0.39 is 0 Å². The largest absolute Gasteiger partial charge is 0.315 e. The Hall–Kier alpha value is -0.850. The lowest BCUT2D eigenvalue weighted by Crippen LogP contribution is -2.17. The molecule has 0 aliphatic heterocycles. The van der Waals surface area contributed by atoms with Crippen LogP contribution in [0.1, 0.15) is 16.9 Å². The molecule has 0 spiro atoms. The van der Waals surface area contributed by atoms with E-state index in [1.165, 1.54) is 10.4 Å². The van der Waals surface area contributed by atoms with Gasteiger partial charge in [-0.15, -0.1) is 11.3 Å². The molecule has 0 aliphatic carbocycles. The smallest absolute Gasteiger partial charge is 0.0635 e. The Morgan fingerprint density at radius 2 is 2.38 bits per heavy atom. The Kier molecular flexibility index (Phi) is 4.52. The summed E-state index contributed by atoms with van der Waals surface area (Å²) >= 11 is 1.81. The molecule has 1 N–H and O–H groups in total. The van der Waals surface area contributed by atoms with Crippen molar-refractivity contribution in [3.8, 4) is 6.07 Å². The Balaban J connectivity index is 2.14. The molecule has 0 fully saturated rings. The normalized spacial score (nSPS) is 9.85. The summed E-state index contributed by atoms with van der Waals surface area (Å²) in [6, 6.07) is 4.26. The van der Waals surface area contributed by atoms with Gasteiger partial charge in [-0.05, 0) is 30.4 Å². The fourth-order valence-corrected chi connectivity index (χ4v) is 2.04. The van der Waals surface area contributed by atoms with Crippen LogP contribution < -0.4 is 5.32 Å². The second kappa shape index (κ2) is 5.74. The maximum absolute atomic E-state index is 8.31. The molecule has 0 aromatic carbocycles. The molecule has 0 bridgehead atoms. The van der Waals surface area contributed by atoms with E-state index in [-0.39, 0.29) is 0 Å². The van der Waals surface area contributed by atoms with Gasteiger partial charge >= 0.3 is 0 Å². The zero-order chi connectivity index (χ0) is 9.52. The van der Waals surface area contributed by atoms with Crippen LogP contribution in [0.5, 0.6) is 0 Å². The van der Waals surface area contributed by atoms with E-state index >= 15 is 0 Å². The molecule has 0 amide bonds. The van der Waals surface area contributed by atoms with Gasteiger partial charge in [-0.25, -0.2) is 0 Å². The zero-order valence-electron chi connectivity index (χ0n) is 7.84. The van der Waals surface area contributed by atoms with Gasteiger partial charge in [0.1, 0.15) is 0 Å². The minimum atomic E-state index is 0.601. The Morgan fingerprint density at radius 3 is 3.00 bits per heavy atom. The van der Waals surface area contributed by atoms with Gasteiger partial charge in [-0.1, -0.05) is 0 Å². The highest BCUT2D eigenvalue weighted by molar-refractivity contribution is 7.10. The second-order valence-corrected chi connectivity index (χ2v) is 3.94. The molecule has 1 rings (SSSR count). The lowest BCUT2D eigenvalue weighted by molar-refractivity contribution is 0.695. The number of nitriles is 1. The second-order valence-electron chi connectivity index (χ2n) is 2.93. The van der Waals surface area contributed by atoms with Gasteiger partial charge in [-0.3, -0.25) is 0 Å². The molecular weight excluding hydrogens is 180 g/mol. The minimum Gasteiger partial charge on any atom is -0.315 e. The van der Waals surface area contributed by atoms with E-state index in [1.54, 1.807) is 0 Å². The fourth-order valence-electron chi connectivity index (χ4n) is 1.13. The molecule has 1 heterocycles. The third kappa shape index (κ3) is 3.58. The SMILES string of the molecule is Cc1ccsc1CCNCCC#N. The van der Waals surface area contributed by atoms with Crippen LogP contribution in [0.3, 0.4) is 0 Å². The van der Waals surface area contributed by atoms with Gasteiger partial charge in [0.05, 0.1) is 6.07 Å². The zero-order valence-corrected chi connectivity index (χ0v) is 8.66. The molecule has 0 aliphatic rings. The maximum atomic E-state index is 8.31. The van der Waals surface area contributed by atoms with Crippen molar-refractivity contribution in [1.82, 2.24) is 5.32 Å². The summed E-state index contributed by atoms with van der Waals surface area (Å²) in [7, 11) is 0. The summed E-state index contributed by atoms with van der Waals surface area (Å²) in [6.07, 6.45) is 1.68. The first-order chi connectivity index (χ1) is 6.34. The summed E-state index contributed by atoms with van der Waals surface area (Å²) in [5, 5.41) is 13.7. The van der Waals surface area contributed by atoms with Crippen molar-refractivity contribution in [1.29, 1.82) is 5.26 Å². The molecule has 0 radical (unpaired) electrons. The first kappa shape index (κ1) is 10.2. The van der Waals surface area contributed by atoms with Crippen molar-refractivity contribution >= 4 is 11.3 Å². The number of aryl methyl sites for hydroxylation is 1. The summed E-state index contributed by atoms with van der Waals surface area (Å²) in [6.45, 7) is 3.92. The van der Waals surface area contributed by atoms with Crippen molar-refractivity contribution in [3.63, 3.8) is 0 Å². The molecule has 3 heteroatoms. The molecule has 0 saturated carbocycles. The van der Waals surface area contributed by atoms with Crippen molar-refractivity contribution in [2.75, 3.05) is 13.1 Å². The first-order valence-electron chi connectivity index (χ1n) is 4.45.